The van der Waals surface area contributed by atoms with Crippen LogP contribution in [-0.4, -0.2) is 43.0 Å². The summed E-state index contributed by atoms with van der Waals surface area (Å²) >= 11 is 0. The van der Waals surface area contributed by atoms with E-state index in [1.807, 2.05) is 0 Å². The number of unbranched alkanes of at least 4 members (excludes halogenated alkanes) is 1. The first-order valence-electron chi connectivity index (χ1n) is 8.04. The van der Waals surface area contributed by atoms with Crippen molar-refractivity contribution in [3.05, 3.63) is 0 Å². The molecule has 3 N–H and O–H groups in total. The summed E-state index contributed by atoms with van der Waals surface area (Å²) < 4.78 is 0. The minimum Gasteiger partial charge on any atom is -0.369 e. The second-order valence-corrected chi connectivity index (χ2v) is 7.54. The molecule has 1 aliphatic heterocycles. The van der Waals surface area contributed by atoms with Gasteiger partial charge >= 0.3 is 0 Å². The zero-order valence-electron chi connectivity index (χ0n) is 13.7. The molecule has 2 unspecified atom stereocenters. The van der Waals surface area contributed by atoms with Crippen LogP contribution in [-0.2, 0) is 4.79 Å². The standard InChI is InChI=1S/C16H33N3O/c1-5-6-7-13-8-14(18-12-16(2,3)4)10-19(9-13)11-15(17)20/h13-14,18H,5-12H2,1-4H3,(H2,17,20). The van der Waals surface area contributed by atoms with Crippen LogP contribution in [0.4, 0.5) is 0 Å². The van der Waals surface area contributed by atoms with E-state index in [0.717, 1.165) is 19.6 Å². The minimum absolute atomic E-state index is 0.212. The molecule has 0 aromatic heterocycles. The van der Waals surface area contributed by atoms with E-state index in [2.05, 4.69) is 37.9 Å². The van der Waals surface area contributed by atoms with Gasteiger partial charge in [0.15, 0.2) is 0 Å². The summed E-state index contributed by atoms with van der Waals surface area (Å²) in [6.45, 7) is 12.4. The van der Waals surface area contributed by atoms with Crippen LogP contribution in [0.1, 0.15) is 53.4 Å². The molecule has 1 heterocycles. The van der Waals surface area contributed by atoms with E-state index in [9.17, 15) is 4.79 Å². The zero-order valence-corrected chi connectivity index (χ0v) is 13.7. The van der Waals surface area contributed by atoms with Crippen molar-refractivity contribution in [3.8, 4) is 0 Å². The number of likely N-dealkylation sites (tertiary alicyclic amines) is 1. The first kappa shape index (κ1) is 17.4. The van der Waals surface area contributed by atoms with Crippen molar-refractivity contribution in [1.82, 2.24) is 10.2 Å². The fourth-order valence-electron chi connectivity index (χ4n) is 2.95. The zero-order chi connectivity index (χ0) is 15.2. The molecule has 1 fully saturated rings. The van der Waals surface area contributed by atoms with Gasteiger partial charge in [-0.3, -0.25) is 9.69 Å². The van der Waals surface area contributed by atoms with Gasteiger partial charge in [0.05, 0.1) is 6.54 Å². The van der Waals surface area contributed by atoms with E-state index in [0.29, 0.717) is 23.9 Å². The summed E-state index contributed by atoms with van der Waals surface area (Å²) in [5.41, 5.74) is 5.65. The van der Waals surface area contributed by atoms with Gasteiger partial charge in [-0.1, -0.05) is 40.5 Å². The Kier molecular flexibility index (Phi) is 6.96. The Bertz CT molecular complexity index is 299. The smallest absolute Gasteiger partial charge is 0.231 e. The molecule has 0 aliphatic carbocycles. The Morgan fingerprint density at radius 2 is 2.05 bits per heavy atom. The highest BCUT2D eigenvalue weighted by Gasteiger charge is 2.28. The molecule has 1 aliphatic rings. The van der Waals surface area contributed by atoms with Crippen molar-refractivity contribution >= 4 is 5.91 Å². The summed E-state index contributed by atoms with van der Waals surface area (Å²) in [6.07, 6.45) is 5.01. The molecule has 1 amide bonds. The maximum Gasteiger partial charge on any atom is 0.231 e. The van der Waals surface area contributed by atoms with Gasteiger partial charge in [0.25, 0.3) is 0 Å². The monoisotopic (exact) mass is 283 g/mol. The summed E-state index contributed by atoms with van der Waals surface area (Å²) in [6, 6.07) is 0.490. The summed E-state index contributed by atoms with van der Waals surface area (Å²) in [7, 11) is 0. The SMILES string of the molecule is CCCCC1CC(NCC(C)(C)C)CN(CC(N)=O)C1. The lowest BCUT2D eigenvalue weighted by Gasteiger charge is -2.38. The van der Waals surface area contributed by atoms with Gasteiger partial charge < -0.3 is 11.1 Å². The number of piperidine rings is 1. The Balaban J connectivity index is 2.52. The van der Waals surface area contributed by atoms with Gasteiger partial charge in [0.2, 0.25) is 5.91 Å². The quantitative estimate of drug-likeness (QED) is 0.751. The molecule has 0 saturated carbocycles. The van der Waals surface area contributed by atoms with Gasteiger partial charge in [-0.05, 0) is 24.2 Å². The third-order valence-electron chi connectivity index (χ3n) is 3.88. The van der Waals surface area contributed by atoms with Gasteiger partial charge in [0.1, 0.15) is 0 Å². The van der Waals surface area contributed by atoms with Crippen LogP contribution < -0.4 is 11.1 Å². The summed E-state index contributed by atoms with van der Waals surface area (Å²) in [5.74, 6) is 0.483. The van der Waals surface area contributed by atoms with Crippen LogP contribution in [0.5, 0.6) is 0 Å². The molecule has 0 spiro atoms. The largest absolute Gasteiger partial charge is 0.369 e. The molecule has 0 aromatic carbocycles. The van der Waals surface area contributed by atoms with E-state index in [1.165, 1.54) is 25.7 Å². The van der Waals surface area contributed by atoms with Crippen molar-refractivity contribution in [3.63, 3.8) is 0 Å². The fourth-order valence-corrected chi connectivity index (χ4v) is 2.95. The van der Waals surface area contributed by atoms with Gasteiger partial charge in [-0.25, -0.2) is 0 Å². The average molecular weight is 283 g/mol. The lowest BCUT2D eigenvalue weighted by Crippen LogP contribution is -2.52. The highest BCUT2D eigenvalue weighted by Crippen LogP contribution is 2.23. The van der Waals surface area contributed by atoms with E-state index in [4.69, 9.17) is 5.73 Å². The van der Waals surface area contributed by atoms with Crippen molar-refractivity contribution in [2.24, 2.45) is 17.1 Å². The number of nitrogens with two attached hydrogens (primary N) is 1. The second kappa shape index (κ2) is 7.99. The van der Waals surface area contributed by atoms with E-state index >= 15 is 0 Å². The van der Waals surface area contributed by atoms with Crippen LogP contribution in [0.15, 0.2) is 0 Å². The minimum atomic E-state index is -0.212. The molecular weight excluding hydrogens is 250 g/mol. The van der Waals surface area contributed by atoms with Crippen LogP contribution in [0.25, 0.3) is 0 Å². The van der Waals surface area contributed by atoms with Crippen LogP contribution in [0, 0.1) is 11.3 Å². The molecule has 4 heteroatoms. The van der Waals surface area contributed by atoms with Gasteiger partial charge in [0, 0.05) is 25.7 Å². The molecule has 118 valence electrons. The number of nitrogens with zero attached hydrogens (tertiary/aromatic N) is 1. The third-order valence-corrected chi connectivity index (χ3v) is 3.88. The lowest BCUT2D eigenvalue weighted by atomic mass is 9.89. The molecule has 0 bridgehead atoms. The van der Waals surface area contributed by atoms with Crippen LogP contribution in [0.3, 0.4) is 0 Å². The Labute approximate surface area is 124 Å². The Morgan fingerprint density at radius 3 is 2.60 bits per heavy atom. The van der Waals surface area contributed by atoms with Gasteiger partial charge in [-0.15, -0.1) is 0 Å². The Morgan fingerprint density at radius 1 is 1.35 bits per heavy atom. The third kappa shape index (κ3) is 7.25. The molecule has 20 heavy (non-hydrogen) atoms. The fraction of sp³-hybridized carbons (Fsp3) is 0.938. The molecule has 0 aromatic rings. The first-order chi connectivity index (χ1) is 9.30. The van der Waals surface area contributed by atoms with Crippen molar-refractivity contribution < 1.29 is 4.79 Å². The maximum atomic E-state index is 11.2. The number of primary amides is 1. The number of carbonyl (C=O) groups is 1. The van der Waals surface area contributed by atoms with Gasteiger partial charge in [-0.2, -0.15) is 0 Å². The molecular formula is C16H33N3O. The summed E-state index contributed by atoms with van der Waals surface area (Å²) in [4.78, 5) is 13.4. The van der Waals surface area contributed by atoms with Crippen molar-refractivity contribution in [1.29, 1.82) is 0 Å². The number of rotatable bonds is 7. The predicted molar refractivity (Wildman–Crippen MR) is 84.5 cm³/mol. The molecule has 1 saturated heterocycles. The number of nitrogens with one attached hydrogen (secondary N) is 1. The van der Waals surface area contributed by atoms with E-state index in [-0.39, 0.29) is 5.91 Å². The Hall–Kier alpha value is -0.610. The first-order valence-corrected chi connectivity index (χ1v) is 8.04. The molecule has 4 nitrogen and oxygen atoms in total. The van der Waals surface area contributed by atoms with Crippen LogP contribution >= 0.6 is 0 Å². The number of hydrogen-bond donors (Lipinski definition) is 2. The van der Waals surface area contributed by atoms with E-state index in [1.54, 1.807) is 0 Å². The maximum absolute atomic E-state index is 11.2. The highest BCUT2D eigenvalue weighted by atomic mass is 16.1. The number of amides is 1. The molecule has 0 radical (unpaired) electrons. The average Bonchev–Trinajstić information content (AvgIpc) is 2.32. The highest BCUT2D eigenvalue weighted by molar-refractivity contribution is 5.75. The number of hydrogen-bond acceptors (Lipinski definition) is 3. The number of carbonyl (C=O) groups excluding carboxylic acids is 1. The topological polar surface area (TPSA) is 58.4 Å². The lowest BCUT2D eigenvalue weighted by molar-refractivity contribution is -0.119. The normalized spacial score (nSPS) is 24.8. The summed E-state index contributed by atoms with van der Waals surface area (Å²) in [5, 5.41) is 3.68. The van der Waals surface area contributed by atoms with Crippen molar-refractivity contribution in [2.75, 3.05) is 26.2 Å². The molecule has 1 rings (SSSR count). The van der Waals surface area contributed by atoms with Crippen molar-refractivity contribution in [2.45, 2.75) is 59.4 Å². The second-order valence-electron chi connectivity index (χ2n) is 7.54. The van der Waals surface area contributed by atoms with Crippen LogP contribution in [0.2, 0.25) is 0 Å². The molecule has 2 atom stereocenters. The predicted octanol–water partition coefficient (Wildman–Crippen LogP) is 1.99. The van der Waals surface area contributed by atoms with E-state index < -0.39 is 0 Å².